The number of nitrogens with zero attached hydrogens (tertiary/aromatic N) is 1. The molecule has 1 nitrogen and oxygen atoms in total. The maximum Gasteiger partial charge on any atom is 0.0237 e. The molecule has 11 heavy (non-hydrogen) atoms. The molecule has 0 atom stereocenters. The van der Waals surface area contributed by atoms with Crippen LogP contribution < -0.4 is 0 Å². The average Bonchev–Trinajstić information content (AvgIpc) is 2.32. The molecule has 0 N–H and O–H groups in total. The molecule has 0 amide bonds. The van der Waals surface area contributed by atoms with Gasteiger partial charge in [0.15, 0.2) is 0 Å². The lowest BCUT2D eigenvalue weighted by molar-refractivity contribution is 0.428. The maximum absolute atomic E-state index is 3.79. The van der Waals surface area contributed by atoms with E-state index in [9.17, 15) is 0 Å². The first-order valence-corrected chi connectivity index (χ1v) is 3.93. The van der Waals surface area contributed by atoms with Crippen LogP contribution in [-0.4, -0.2) is 25.0 Å². The quantitative estimate of drug-likeness (QED) is 0.580. The second-order valence-corrected chi connectivity index (χ2v) is 2.93. The fraction of sp³-hybridized carbons (Fsp3) is 0.400. The lowest BCUT2D eigenvalue weighted by atomic mass is 10.1. The van der Waals surface area contributed by atoms with Gasteiger partial charge in [-0.1, -0.05) is 24.8 Å². The summed E-state index contributed by atoms with van der Waals surface area (Å²) in [6.07, 6.45) is 6.21. The zero-order valence-corrected chi connectivity index (χ0v) is 7.30. The zero-order chi connectivity index (χ0) is 8.27. The van der Waals surface area contributed by atoms with E-state index in [0.29, 0.717) is 0 Å². The Balaban J connectivity index is 2.79. The molecule has 60 valence electrons. The van der Waals surface area contributed by atoms with Crippen LogP contribution in [0.15, 0.2) is 36.0 Å². The van der Waals surface area contributed by atoms with Crippen LogP contribution in [0.2, 0.25) is 0 Å². The highest BCUT2D eigenvalue weighted by Gasteiger charge is 2.13. The van der Waals surface area contributed by atoms with E-state index in [2.05, 4.69) is 30.7 Å². The van der Waals surface area contributed by atoms with Crippen molar-refractivity contribution in [2.75, 3.05) is 20.1 Å². The van der Waals surface area contributed by atoms with E-state index in [0.717, 1.165) is 13.1 Å². The molecular formula is C10H15N. The Morgan fingerprint density at radius 2 is 2.00 bits per heavy atom. The molecule has 1 rings (SSSR count). The first-order valence-electron chi connectivity index (χ1n) is 3.93. The van der Waals surface area contributed by atoms with Crippen LogP contribution in [0.4, 0.5) is 0 Å². The molecule has 1 heterocycles. The van der Waals surface area contributed by atoms with Crippen LogP contribution in [-0.2, 0) is 0 Å². The average molecular weight is 149 g/mol. The van der Waals surface area contributed by atoms with Crippen LogP contribution in [0.1, 0.15) is 6.92 Å². The largest absolute Gasteiger partial charge is 0.298 e. The Morgan fingerprint density at radius 3 is 2.55 bits per heavy atom. The fourth-order valence-corrected chi connectivity index (χ4v) is 1.40. The zero-order valence-electron chi connectivity index (χ0n) is 7.30. The van der Waals surface area contributed by atoms with Crippen molar-refractivity contribution in [3.8, 4) is 0 Å². The molecular weight excluding hydrogens is 134 g/mol. The summed E-state index contributed by atoms with van der Waals surface area (Å²) in [7, 11) is 2.12. The Hall–Kier alpha value is -0.820. The molecule has 1 aliphatic heterocycles. The van der Waals surface area contributed by atoms with Gasteiger partial charge in [-0.3, -0.25) is 4.90 Å². The monoisotopic (exact) mass is 149 g/mol. The molecule has 1 heteroatoms. The van der Waals surface area contributed by atoms with Gasteiger partial charge in [0, 0.05) is 13.1 Å². The van der Waals surface area contributed by atoms with Gasteiger partial charge in [0.2, 0.25) is 0 Å². The van der Waals surface area contributed by atoms with Crippen LogP contribution in [0.5, 0.6) is 0 Å². The summed E-state index contributed by atoms with van der Waals surface area (Å²) in [6, 6.07) is 0. The summed E-state index contributed by atoms with van der Waals surface area (Å²) in [5.41, 5.74) is 2.77. The van der Waals surface area contributed by atoms with Gasteiger partial charge in [-0.05, 0) is 25.1 Å². The summed E-state index contributed by atoms with van der Waals surface area (Å²) in [5, 5.41) is 0. The van der Waals surface area contributed by atoms with Crippen molar-refractivity contribution in [2.45, 2.75) is 6.92 Å². The summed E-state index contributed by atoms with van der Waals surface area (Å²) >= 11 is 0. The summed E-state index contributed by atoms with van der Waals surface area (Å²) < 4.78 is 0. The first kappa shape index (κ1) is 8.28. The molecule has 0 bridgehead atoms. The van der Waals surface area contributed by atoms with Crippen molar-refractivity contribution in [3.63, 3.8) is 0 Å². The number of likely N-dealkylation sites (N-methyl/N-ethyl adjacent to an activating group) is 1. The highest BCUT2D eigenvalue weighted by Crippen LogP contribution is 2.17. The summed E-state index contributed by atoms with van der Waals surface area (Å²) in [4.78, 5) is 2.28. The second-order valence-electron chi connectivity index (χ2n) is 2.93. The van der Waals surface area contributed by atoms with Crippen molar-refractivity contribution < 1.29 is 0 Å². The SMILES string of the molecule is C=CC1=C(/C=C\C)CN(C)C1. The van der Waals surface area contributed by atoms with Gasteiger partial charge >= 0.3 is 0 Å². The van der Waals surface area contributed by atoms with E-state index in [1.165, 1.54) is 11.1 Å². The Morgan fingerprint density at radius 1 is 1.36 bits per heavy atom. The molecule has 0 aliphatic carbocycles. The summed E-state index contributed by atoms with van der Waals surface area (Å²) in [6.45, 7) is 7.94. The minimum atomic E-state index is 1.04. The lowest BCUT2D eigenvalue weighted by Gasteiger charge is -2.04. The van der Waals surface area contributed by atoms with Crippen LogP contribution in [0.3, 0.4) is 0 Å². The van der Waals surface area contributed by atoms with Gasteiger partial charge in [-0.2, -0.15) is 0 Å². The molecule has 0 aromatic heterocycles. The van der Waals surface area contributed by atoms with E-state index >= 15 is 0 Å². The van der Waals surface area contributed by atoms with Crippen molar-refractivity contribution >= 4 is 0 Å². The van der Waals surface area contributed by atoms with Crippen molar-refractivity contribution in [1.82, 2.24) is 4.90 Å². The lowest BCUT2D eigenvalue weighted by Crippen LogP contribution is -2.14. The van der Waals surface area contributed by atoms with Gasteiger partial charge < -0.3 is 0 Å². The molecule has 0 spiro atoms. The highest BCUT2D eigenvalue weighted by atomic mass is 15.1. The molecule has 0 radical (unpaired) electrons. The first-order chi connectivity index (χ1) is 5.27. The molecule has 0 saturated heterocycles. The van der Waals surface area contributed by atoms with Crippen molar-refractivity contribution in [1.29, 1.82) is 0 Å². The number of rotatable bonds is 2. The van der Waals surface area contributed by atoms with Gasteiger partial charge in [0.25, 0.3) is 0 Å². The second kappa shape index (κ2) is 3.54. The van der Waals surface area contributed by atoms with E-state index < -0.39 is 0 Å². The third kappa shape index (κ3) is 1.81. The van der Waals surface area contributed by atoms with Gasteiger partial charge in [0.05, 0.1) is 0 Å². The predicted octanol–water partition coefficient (Wildman–Crippen LogP) is 1.99. The van der Waals surface area contributed by atoms with Gasteiger partial charge in [-0.15, -0.1) is 0 Å². The molecule has 0 aromatic rings. The van der Waals surface area contributed by atoms with E-state index in [-0.39, 0.29) is 0 Å². The van der Waals surface area contributed by atoms with E-state index in [1.807, 2.05) is 13.0 Å². The Kier molecular flexibility index (Phi) is 2.66. The molecule has 0 saturated carbocycles. The van der Waals surface area contributed by atoms with E-state index in [1.54, 1.807) is 0 Å². The summed E-state index contributed by atoms with van der Waals surface area (Å²) in [5.74, 6) is 0. The highest BCUT2D eigenvalue weighted by molar-refractivity contribution is 5.37. The minimum absolute atomic E-state index is 1.04. The Labute approximate surface area is 68.7 Å². The number of hydrogen-bond acceptors (Lipinski definition) is 1. The number of allylic oxidation sites excluding steroid dienone is 1. The topological polar surface area (TPSA) is 3.24 Å². The van der Waals surface area contributed by atoms with Gasteiger partial charge in [-0.25, -0.2) is 0 Å². The predicted molar refractivity (Wildman–Crippen MR) is 49.5 cm³/mol. The maximum atomic E-state index is 3.79. The van der Waals surface area contributed by atoms with Crippen LogP contribution >= 0.6 is 0 Å². The minimum Gasteiger partial charge on any atom is -0.298 e. The number of hydrogen-bond donors (Lipinski definition) is 0. The molecule has 0 unspecified atom stereocenters. The van der Waals surface area contributed by atoms with E-state index in [4.69, 9.17) is 0 Å². The third-order valence-electron chi connectivity index (χ3n) is 1.91. The molecule has 1 aliphatic rings. The van der Waals surface area contributed by atoms with Crippen molar-refractivity contribution in [2.24, 2.45) is 0 Å². The van der Waals surface area contributed by atoms with Crippen molar-refractivity contribution in [3.05, 3.63) is 36.0 Å². The van der Waals surface area contributed by atoms with Crippen LogP contribution in [0, 0.1) is 0 Å². The normalized spacial score (nSPS) is 20.2. The van der Waals surface area contributed by atoms with Crippen LogP contribution in [0.25, 0.3) is 0 Å². The smallest absolute Gasteiger partial charge is 0.0237 e. The standard InChI is InChI=1S/C10H15N/c1-4-6-10-8-11(3)7-9(10)5-2/h4-6H,2,7-8H2,1,3H3/b6-4-. The third-order valence-corrected chi connectivity index (χ3v) is 1.91. The Bertz CT molecular complexity index is 211. The molecule has 0 aromatic carbocycles. The fourth-order valence-electron chi connectivity index (χ4n) is 1.40. The molecule has 0 fully saturated rings. The van der Waals surface area contributed by atoms with Gasteiger partial charge in [0.1, 0.15) is 0 Å².